The van der Waals surface area contributed by atoms with Gasteiger partial charge in [-0.2, -0.15) is 0 Å². The SMILES string of the molecule is COc1cccc(/C=C/C(=O)NC2(CO)CCOCC2)c1. The van der Waals surface area contributed by atoms with Gasteiger partial charge in [0, 0.05) is 19.3 Å². The number of carbonyl (C=O) groups is 1. The highest BCUT2D eigenvalue weighted by Crippen LogP contribution is 2.20. The zero-order valence-corrected chi connectivity index (χ0v) is 12.2. The fourth-order valence-electron chi connectivity index (χ4n) is 2.30. The van der Waals surface area contributed by atoms with Crippen molar-refractivity contribution >= 4 is 12.0 Å². The van der Waals surface area contributed by atoms with Gasteiger partial charge in [0.2, 0.25) is 5.91 Å². The highest BCUT2D eigenvalue weighted by Gasteiger charge is 2.32. The van der Waals surface area contributed by atoms with Crippen LogP contribution in [-0.2, 0) is 9.53 Å². The van der Waals surface area contributed by atoms with Crippen molar-refractivity contribution in [2.24, 2.45) is 0 Å². The molecule has 2 rings (SSSR count). The molecule has 1 aliphatic rings. The molecular formula is C16H21NO4. The first kappa shape index (κ1) is 15.5. The molecular weight excluding hydrogens is 270 g/mol. The summed E-state index contributed by atoms with van der Waals surface area (Å²) in [6.45, 7) is 1.04. The minimum absolute atomic E-state index is 0.0743. The van der Waals surface area contributed by atoms with Crippen LogP contribution in [0.5, 0.6) is 5.75 Å². The molecule has 0 aromatic heterocycles. The molecule has 0 unspecified atom stereocenters. The summed E-state index contributed by atoms with van der Waals surface area (Å²) in [6.07, 6.45) is 4.45. The lowest BCUT2D eigenvalue weighted by Crippen LogP contribution is -2.54. The number of methoxy groups -OCH3 is 1. The molecule has 0 radical (unpaired) electrons. The van der Waals surface area contributed by atoms with Gasteiger partial charge in [-0.25, -0.2) is 0 Å². The van der Waals surface area contributed by atoms with Gasteiger partial charge in [-0.1, -0.05) is 12.1 Å². The third-order valence-corrected chi connectivity index (χ3v) is 3.66. The fourth-order valence-corrected chi connectivity index (χ4v) is 2.30. The van der Waals surface area contributed by atoms with Crippen LogP contribution in [0.2, 0.25) is 0 Å². The number of hydrogen-bond acceptors (Lipinski definition) is 4. The molecule has 1 aromatic carbocycles. The van der Waals surface area contributed by atoms with Crippen molar-refractivity contribution in [3.8, 4) is 5.75 Å². The average Bonchev–Trinajstić information content (AvgIpc) is 2.54. The zero-order valence-electron chi connectivity index (χ0n) is 12.2. The van der Waals surface area contributed by atoms with Gasteiger partial charge >= 0.3 is 0 Å². The molecule has 0 spiro atoms. The third-order valence-electron chi connectivity index (χ3n) is 3.66. The number of nitrogens with one attached hydrogen (secondary N) is 1. The molecule has 0 bridgehead atoms. The highest BCUT2D eigenvalue weighted by molar-refractivity contribution is 5.92. The molecule has 1 aliphatic heterocycles. The Hall–Kier alpha value is -1.85. The first-order valence-electron chi connectivity index (χ1n) is 7.00. The van der Waals surface area contributed by atoms with Crippen molar-refractivity contribution in [3.05, 3.63) is 35.9 Å². The van der Waals surface area contributed by atoms with Crippen LogP contribution < -0.4 is 10.1 Å². The van der Waals surface area contributed by atoms with Crippen molar-refractivity contribution < 1.29 is 19.4 Å². The van der Waals surface area contributed by atoms with Crippen LogP contribution in [0.15, 0.2) is 30.3 Å². The van der Waals surface area contributed by atoms with Crippen LogP contribution in [0.3, 0.4) is 0 Å². The van der Waals surface area contributed by atoms with E-state index in [9.17, 15) is 9.90 Å². The third kappa shape index (κ3) is 4.31. The Morgan fingerprint density at radius 1 is 1.48 bits per heavy atom. The maximum atomic E-state index is 12.0. The maximum absolute atomic E-state index is 12.0. The largest absolute Gasteiger partial charge is 0.497 e. The molecule has 5 heteroatoms. The van der Waals surface area contributed by atoms with Crippen molar-refractivity contribution in [2.45, 2.75) is 18.4 Å². The summed E-state index contributed by atoms with van der Waals surface area (Å²) < 4.78 is 10.4. The predicted molar refractivity (Wildman–Crippen MR) is 80.0 cm³/mol. The van der Waals surface area contributed by atoms with Gasteiger partial charge in [0.1, 0.15) is 5.75 Å². The van der Waals surface area contributed by atoms with Gasteiger partial charge in [0.15, 0.2) is 0 Å². The van der Waals surface area contributed by atoms with Gasteiger partial charge in [0.25, 0.3) is 0 Å². The lowest BCUT2D eigenvalue weighted by atomic mass is 9.91. The Morgan fingerprint density at radius 3 is 2.90 bits per heavy atom. The number of carbonyl (C=O) groups excluding carboxylic acids is 1. The molecule has 1 saturated heterocycles. The molecule has 1 amide bonds. The Morgan fingerprint density at radius 2 is 2.24 bits per heavy atom. The van der Waals surface area contributed by atoms with E-state index >= 15 is 0 Å². The van der Waals surface area contributed by atoms with Crippen molar-refractivity contribution in [1.29, 1.82) is 0 Å². The smallest absolute Gasteiger partial charge is 0.244 e. The van der Waals surface area contributed by atoms with Gasteiger partial charge in [-0.15, -0.1) is 0 Å². The summed E-state index contributed by atoms with van der Waals surface area (Å²) in [7, 11) is 1.60. The summed E-state index contributed by atoms with van der Waals surface area (Å²) in [4.78, 5) is 12.0. The molecule has 21 heavy (non-hydrogen) atoms. The van der Waals surface area contributed by atoms with E-state index in [2.05, 4.69) is 5.32 Å². The van der Waals surface area contributed by atoms with Crippen molar-refractivity contribution in [2.75, 3.05) is 26.9 Å². The lowest BCUT2D eigenvalue weighted by Gasteiger charge is -2.35. The molecule has 5 nitrogen and oxygen atoms in total. The normalized spacial score (nSPS) is 17.6. The quantitative estimate of drug-likeness (QED) is 0.804. The predicted octanol–water partition coefficient (Wildman–Crippen LogP) is 1.37. The molecule has 114 valence electrons. The summed E-state index contributed by atoms with van der Waals surface area (Å²) in [5.74, 6) is 0.530. The number of aliphatic hydroxyl groups is 1. The number of benzene rings is 1. The summed E-state index contributed by atoms with van der Waals surface area (Å²) in [6, 6.07) is 7.45. The van der Waals surface area contributed by atoms with E-state index in [0.717, 1.165) is 11.3 Å². The summed E-state index contributed by atoms with van der Waals surface area (Å²) in [5.41, 5.74) is 0.322. The minimum Gasteiger partial charge on any atom is -0.497 e. The molecule has 2 N–H and O–H groups in total. The summed E-state index contributed by atoms with van der Waals surface area (Å²) in [5, 5.41) is 12.4. The van der Waals surface area contributed by atoms with Gasteiger partial charge < -0.3 is 19.9 Å². The van der Waals surface area contributed by atoms with Crippen molar-refractivity contribution in [1.82, 2.24) is 5.32 Å². The molecule has 0 aliphatic carbocycles. The number of aliphatic hydroxyl groups excluding tert-OH is 1. The fraction of sp³-hybridized carbons (Fsp3) is 0.438. The van der Waals surface area contributed by atoms with E-state index < -0.39 is 5.54 Å². The van der Waals surface area contributed by atoms with Crippen molar-refractivity contribution in [3.63, 3.8) is 0 Å². The Balaban J connectivity index is 1.98. The number of hydrogen-bond donors (Lipinski definition) is 2. The Kier molecular flexibility index (Phi) is 5.36. The van der Waals surface area contributed by atoms with E-state index in [-0.39, 0.29) is 12.5 Å². The van der Waals surface area contributed by atoms with Crippen LogP contribution >= 0.6 is 0 Å². The van der Waals surface area contributed by atoms with E-state index in [1.807, 2.05) is 24.3 Å². The molecule has 0 saturated carbocycles. The van der Waals surface area contributed by atoms with Crippen LogP contribution in [0, 0.1) is 0 Å². The number of rotatable bonds is 5. The number of amides is 1. The van der Waals surface area contributed by atoms with E-state index in [1.165, 1.54) is 6.08 Å². The van der Waals surface area contributed by atoms with Crippen LogP contribution in [0.25, 0.3) is 6.08 Å². The topological polar surface area (TPSA) is 67.8 Å². The zero-order chi connectivity index (χ0) is 15.1. The van der Waals surface area contributed by atoms with Gasteiger partial charge in [-0.3, -0.25) is 4.79 Å². The van der Waals surface area contributed by atoms with E-state index in [4.69, 9.17) is 9.47 Å². The van der Waals surface area contributed by atoms with E-state index in [1.54, 1.807) is 13.2 Å². The van der Waals surface area contributed by atoms with Crippen LogP contribution in [0.1, 0.15) is 18.4 Å². The average molecular weight is 291 g/mol. The van der Waals surface area contributed by atoms with E-state index in [0.29, 0.717) is 26.1 Å². The second-order valence-corrected chi connectivity index (χ2v) is 5.15. The van der Waals surface area contributed by atoms with Gasteiger partial charge in [0.05, 0.1) is 19.3 Å². The minimum atomic E-state index is -0.561. The maximum Gasteiger partial charge on any atom is 0.244 e. The first-order chi connectivity index (χ1) is 10.2. The van der Waals surface area contributed by atoms with Crippen LogP contribution in [0.4, 0.5) is 0 Å². The number of ether oxygens (including phenoxy) is 2. The van der Waals surface area contributed by atoms with Gasteiger partial charge in [-0.05, 0) is 36.6 Å². The second-order valence-electron chi connectivity index (χ2n) is 5.15. The summed E-state index contributed by atoms with van der Waals surface area (Å²) >= 11 is 0. The molecule has 1 aromatic rings. The highest BCUT2D eigenvalue weighted by atomic mass is 16.5. The Labute approximate surface area is 124 Å². The molecule has 0 atom stereocenters. The molecule has 1 fully saturated rings. The first-order valence-corrected chi connectivity index (χ1v) is 7.00. The standard InChI is InChI=1S/C16H21NO4/c1-20-14-4-2-3-13(11-14)5-6-15(19)17-16(12-18)7-9-21-10-8-16/h2-6,11,18H,7-10,12H2,1H3,(H,17,19)/b6-5+. The Bertz CT molecular complexity index is 507. The second kappa shape index (κ2) is 7.24. The van der Waals surface area contributed by atoms with Crippen LogP contribution in [-0.4, -0.2) is 43.5 Å². The molecule has 1 heterocycles. The monoisotopic (exact) mass is 291 g/mol. The lowest BCUT2D eigenvalue weighted by molar-refractivity contribution is -0.120.